The highest BCUT2D eigenvalue weighted by molar-refractivity contribution is 5.04. The molecule has 0 aromatic rings. The van der Waals surface area contributed by atoms with Crippen molar-refractivity contribution in [2.45, 2.75) is 58.2 Å². The Morgan fingerprint density at radius 2 is 1.93 bits per heavy atom. The fraction of sp³-hybridized carbons (Fsp3) is 0.917. The monoisotopic (exact) mass is 211 g/mol. The summed E-state index contributed by atoms with van der Waals surface area (Å²) in [5.74, 6) is 0. The van der Waals surface area contributed by atoms with Crippen LogP contribution in [0.15, 0.2) is 0 Å². The third kappa shape index (κ3) is 4.19. The second-order valence-corrected chi connectivity index (χ2v) is 4.67. The zero-order chi connectivity index (χ0) is 12.1. The minimum atomic E-state index is -0.416. The van der Waals surface area contributed by atoms with Gasteiger partial charge in [0.05, 0.1) is 6.07 Å². The number of nitrogens with one attached hydrogen (secondary N) is 1. The summed E-state index contributed by atoms with van der Waals surface area (Å²) in [7, 11) is 3.98. The van der Waals surface area contributed by atoms with Crippen LogP contribution < -0.4 is 5.32 Å². The largest absolute Gasteiger partial charge is 0.303 e. The molecule has 3 heteroatoms. The first-order chi connectivity index (χ1) is 6.90. The normalized spacial score (nSPS) is 19.3. The van der Waals surface area contributed by atoms with E-state index in [1.807, 2.05) is 14.0 Å². The van der Waals surface area contributed by atoms with E-state index in [4.69, 9.17) is 5.26 Å². The van der Waals surface area contributed by atoms with Crippen molar-refractivity contribution < 1.29 is 0 Å². The van der Waals surface area contributed by atoms with Crippen molar-refractivity contribution in [2.24, 2.45) is 0 Å². The summed E-state index contributed by atoms with van der Waals surface area (Å²) in [4.78, 5) is 2.34. The lowest BCUT2D eigenvalue weighted by Crippen LogP contribution is -2.46. The zero-order valence-electron chi connectivity index (χ0n) is 11.0. The molecule has 88 valence electrons. The Balaban J connectivity index is 4.36. The molecule has 3 unspecified atom stereocenters. The lowest BCUT2D eigenvalue weighted by atomic mass is 9.94. The van der Waals surface area contributed by atoms with Crippen LogP contribution in [-0.4, -0.2) is 36.6 Å². The van der Waals surface area contributed by atoms with Crippen LogP contribution in [0.3, 0.4) is 0 Å². The Kier molecular flexibility index (Phi) is 5.85. The lowest BCUT2D eigenvalue weighted by molar-refractivity contribution is 0.164. The van der Waals surface area contributed by atoms with Gasteiger partial charge in [-0.2, -0.15) is 5.26 Å². The molecule has 0 saturated heterocycles. The van der Waals surface area contributed by atoms with Crippen molar-refractivity contribution in [1.82, 2.24) is 10.2 Å². The van der Waals surface area contributed by atoms with Gasteiger partial charge in [-0.3, -0.25) is 0 Å². The average molecular weight is 211 g/mol. The molecule has 15 heavy (non-hydrogen) atoms. The molecule has 0 fully saturated rings. The highest BCUT2D eigenvalue weighted by Crippen LogP contribution is 2.16. The topological polar surface area (TPSA) is 39.1 Å². The van der Waals surface area contributed by atoms with E-state index in [1.165, 1.54) is 0 Å². The number of rotatable bonds is 6. The van der Waals surface area contributed by atoms with Crippen LogP contribution in [0.2, 0.25) is 0 Å². The van der Waals surface area contributed by atoms with Crippen LogP contribution in [0.4, 0.5) is 0 Å². The summed E-state index contributed by atoms with van der Waals surface area (Å²) in [6, 6.07) is 3.32. The Bertz CT molecular complexity index is 221. The Hall–Kier alpha value is -0.590. The number of nitrogens with zero attached hydrogens (tertiary/aromatic N) is 2. The highest BCUT2D eigenvalue weighted by atomic mass is 15.2. The van der Waals surface area contributed by atoms with Crippen molar-refractivity contribution in [3.8, 4) is 6.07 Å². The van der Waals surface area contributed by atoms with E-state index >= 15 is 0 Å². The van der Waals surface area contributed by atoms with Gasteiger partial charge in [0, 0.05) is 12.1 Å². The molecule has 3 nitrogen and oxygen atoms in total. The SMILES string of the molecule is CCC(C)N(C)C(C)CC(C)(C#N)NC. The summed E-state index contributed by atoms with van der Waals surface area (Å²) in [5.41, 5.74) is -0.416. The Morgan fingerprint density at radius 1 is 1.40 bits per heavy atom. The molecular formula is C12H25N3. The van der Waals surface area contributed by atoms with E-state index in [9.17, 15) is 0 Å². The lowest BCUT2D eigenvalue weighted by Gasteiger charge is -2.34. The summed E-state index contributed by atoms with van der Waals surface area (Å²) < 4.78 is 0. The molecule has 0 aliphatic carbocycles. The minimum absolute atomic E-state index is 0.414. The second kappa shape index (κ2) is 6.09. The van der Waals surface area contributed by atoms with Gasteiger partial charge >= 0.3 is 0 Å². The smallest absolute Gasteiger partial charge is 0.105 e. The number of nitriles is 1. The van der Waals surface area contributed by atoms with Crippen LogP contribution in [0, 0.1) is 11.3 Å². The van der Waals surface area contributed by atoms with E-state index in [-0.39, 0.29) is 0 Å². The fourth-order valence-electron chi connectivity index (χ4n) is 1.66. The predicted molar refractivity (Wildman–Crippen MR) is 64.7 cm³/mol. The van der Waals surface area contributed by atoms with Gasteiger partial charge in [0.25, 0.3) is 0 Å². The van der Waals surface area contributed by atoms with Crippen molar-refractivity contribution in [3.63, 3.8) is 0 Å². The first kappa shape index (κ1) is 14.4. The molecule has 0 heterocycles. The molecule has 0 aromatic carbocycles. The Morgan fingerprint density at radius 3 is 2.27 bits per heavy atom. The van der Waals surface area contributed by atoms with Crippen LogP contribution >= 0.6 is 0 Å². The van der Waals surface area contributed by atoms with Gasteiger partial charge in [-0.15, -0.1) is 0 Å². The Labute approximate surface area is 94.5 Å². The molecule has 0 amide bonds. The molecular weight excluding hydrogens is 186 g/mol. The van der Waals surface area contributed by atoms with Crippen molar-refractivity contribution in [2.75, 3.05) is 14.1 Å². The molecule has 0 spiro atoms. The maximum Gasteiger partial charge on any atom is 0.105 e. The molecule has 0 aliphatic heterocycles. The maximum absolute atomic E-state index is 9.08. The van der Waals surface area contributed by atoms with Gasteiger partial charge in [0.1, 0.15) is 5.54 Å². The fourth-order valence-corrected chi connectivity index (χ4v) is 1.66. The third-order valence-corrected chi connectivity index (χ3v) is 3.48. The van der Waals surface area contributed by atoms with E-state index in [0.29, 0.717) is 12.1 Å². The molecule has 0 bridgehead atoms. The average Bonchev–Trinajstić information content (AvgIpc) is 2.26. The molecule has 0 saturated carbocycles. The van der Waals surface area contributed by atoms with Gasteiger partial charge in [0.2, 0.25) is 0 Å². The molecule has 0 aliphatic rings. The van der Waals surface area contributed by atoms with E-state index in [2.05, 4.69) is 44.1 Å². The summed E-state index contributed by atoms with van der Waals surface area (Å²) >= 11 is 0. The molecule has 1 N–H and O–H groups in total. The molecule has 0 rings (SSSR count). The van der Waals surface area contributed by atoms with Crippen molar-refractivity contribution >= 4 is 0 Å². The van der Waals surface area contributed by atoms with Crippen molar-refractivity contribution in [3.05, 3.63) is 0 Å². The first-order valence-corrected chi connectivity index (χ1v) is 5.72. The van der Waals surface area contributed by atoms with Gasteiger partial charge in [0.15, 0.2) is 0 Å². The van der Waals surface area contributed by atoms with E-state index in [0.717, 1.165) is 12.8 Å². The zero-order valence-corrected chi connectivity index (χ0v) is 11.0. The van der Waals surface area contributed by atoms with Gasteiger partial charge in [-0.25, -0.2) is 0 Å². The van der Waals surface area contributed by atoms with Gasteiger partial charge < -0.3 is 10.2 Å². The summed E-state index contributed by atoms with van der Waals surface area (Å²) in [5, 5.41) is 12.2. The number of hydrogen-bond acceptors (Lipinski definition) is 3. The van der Waals surface area contributed by atoms with E-state index in [1.54, 1.807) is 0 Å². The second-order valence-electron chi connectivity index (χ2n) is 4.67. The number of hydrogen-bond donors (Lipinski definition) is 1. The highest BCUT2D eigenvalue weighted by Gasteiger charge is 2.27. The molecule has 0 aromatic heterocycles. The summed E-state index contributed by atoms with van der Waals surface area (Å²) in [6.45, 7) is 8.54. The maximum atomic E-state index is 9.08. The quantitative estimate of drug-likeness (QED) is 0.730. The van der Waals surface area contributed by atoms with E-state index < -0.39 is 5.54 Å². The molecule has 3 atom stereocenters. The minimum Gasteiger partial charge on any atom is -0.303 e. The predicted octanol–water partition coefficient (Wildman–Crippen LogP) is 2.00. The molecule has 0 radical (unpaired) electrons. The van der Waals surface area contributed by atoms with Crippen LogP contribution in [0.25, 0.3) is 0 Å². The standard InChI is InChI=1S/C12H25N3/c1-7-10(2)15(6)11(3)8-12(4,9-13)14-5/h10-11,14H,7-8H2,1-6H3. The summed E-state index contributed by atoms with van der Waals surface area (Å²) in [6.07, 6.45) is 1.99. The third-order valence-electron chi connectivity index (χ3n) is 3.48. The van der Waals surface area contributed by atoms with Gasteiger partial charge in [-0.05, 0) is 47.7 Å². The van der Waals surface area contributed by atoms with Crippen LogP contribution in [0.1, 0.15) is 40.5 Å². The first-order valence-electron chi connectivity index (χ1n) is 5.72. The van der Waals surface area contributed by atoms with Crippen LogP contribution in [-0.2, 0) is 0 Å². The van der Waals surface area contributed by atoms with Crippen LogP contribution in [0.5, 0.6) is 0 Å². The van der Waals surface area contributed by atoms with Crippen molar-refractivity contribution in [1.29, 1.82) is 5.26 Å². The van der Waals surface area contributed by atoms with Gasteiger partial charge in [-0.1, -0.05) is 6.92 Å².